The van der Waals surface area contributed by atoms with E-state index in [9.17, 15) is 4.21 Å². The van der Waals surface area contributed by atoms with Gasteiger partial charge in [-0.25, -0.2) is 4.21 Å². The molecule has 0 fully saturated rings. The van der Waals surface area contributed by atoms with Gasteiger partial charge in [0.05, 0.1) is 10.2 Å². The molecule has 0 spiro atoms. The van der Waals surface area contributed by atoms with Crippen LogP contribution in [0.5, 0.6) is 0 Å². The van der Waals surface area contributed by atoms with E-state index in [1.165, 1.54) is 0 Å². The lowest BCUT2D eigenvalue weighted by molar-refractivity contribution is 0.564. The van der Waals surface area contributed by atoms with Crippen molar-refractivity contribution >= 4 is 34.3 Å². The number of alkyl halides is 2. The van der Waals surface area contributed by atoms with Crippen molar-refractivity contribution in [3.05, 3.63) is 30.3 Å². The zero-order valence-electron chi connectivity index (χ0n) is 6.11. The molecule has 0 saturated heterocycles. The van der Waals surface area contributed by atoms with E-state index in [4.69, 9.17) is 27.8 Å². The van der Waals surface area contributed by atoms with Crippen LogP contribution in [0.25, 0.3) is 0 Å². The SMILES string of the molecule is ClCCl.O=[S@](O)c1ccccc1. The van der Waals surface area contributed by atoms with Crippen LogP contribution in [0.15, 0.2) is 35.2 Å². The molecule has 0 amide bonds. The molecule has 0 unspecified atom stereocenters. The normalized spacial score (nSPS) is 11.2. The van der Waals surface area contributed by atoms with Crippen molar-refractivity contribution in [2.45, 2.75) is 4.90 Å². The van der Waals surface area contributed by atoms with Gasteiger partial charge in [0, 0.05) is 0 Å². The number of halogens is 2. The summed E-state index contributed by atoms with van der Waals surface area (Å²) in [5, 5.41) is 0.194. The monoisotopic (exact) mass is 226 g/mol. The van der Waals surface area contributed by atoms with Crippen LogP contribution >= 0.6 is 23.2 Å². The molecule has 0 bridgehead atoms. The molecule has 5 heteroatoms. The summed E-state index contributed by atoms with van der Waals surface area (Å²) < 4.78 is 18.8. The molecule has 0 saturated carbocycles. The molecular weight excluding hydrogens is 219 g/mol. The fourth-order valence-electron chi connectivity index (χ4n) is 0.537. The highest BCUT2D eigenvalue weighted by Crippen LogP contribution is 2.00. The third kappa shape index (κ3) is 5.55. The Kier molecular flexibility index (Phi) is 7.50. The average molecular weight is 227 g/mol. The van der Waals surface area contributed by atoms with Crippen LogP contribution in [0, 0.1) is 0 Å². The number of benzene rings is 1. The molecule has 2 nitrogen and oxygen atoms in total. The van der Waals surface area contributed by atoms with Crippen LogP contribution in [0.3, 0.4) is 0 Å². The van der Waals surface area contributed by atoms with E-state index in [1.807, 2.05) is 0 Å². The minimum atomic E-state index is -1.83. The topological polar surface area (TPSA) is 37.3 Å². The van der Waals surface area contributed by atoms with E-state index in [0.29, 0.717) is 4.90 Å². The summed E-state index contributed by atoms with van der Waals surface area (Å²) >= 11 is 7.70. The van der Waals surface area contributed by atoms with Crippen molar-refractivity contribution in [2.75, 3.05) is 5.34 Å². The highest BCUT2D eigenvalue weighted by molar-refractivity contribution is 7.79. The summed E-state index contributed by atoms with van der Waals surface area (Å²) in [7, 11) is 0. The Hall–Kier alpha value is -0.0900. The molecule has 1 aromatic rings. The van der Waals surface area contributed by atoms with Gasteiger partial charge in [0.25, 0.3) is 0 Å². The van der Waals surface area contributed by atoms with Gasteiger partial charge in [-0.3, -0.25) is 0 Å². The maximum atomic E-state index is 10.3. The van der Waals surface area contributed by atoms with E-state index < -0.39 is 11.1 Å². The van der Waals surface area contributed by atoms with Crippen molar-refractivity contribution in [1.29, 1.82) is 0 Å². The minimum absolute atomic E-state index is 0.194. The maximum Gasteiger partial charge on any atom is 0.186 e. The Morgan fingerprint density at radius 2 is 1.67 bits per heavy atom. The zero-order valence-corrected chi connectivity index (χ0v) is 8.44. The van der Waals surface area contributed by atoms with Gasteiger partial charge in [-0.1, -0.05) is 18.2 Å². The van der Waals surface area contributed by atoms with Crippen molar-refractivity contribution in [2.24, 2.45) is 0 Å². The predicted molar refractivity (Wildman–Crippen MR) is 52.1 cm³/mol. The van der Waals surface area contributed by atoms with Crippen molar-refractivity contribution < 1.29 is 8.76 Å². The van der Waals surface area contributed by atoms with Gasteiger partial charge in [-0.05, 0) is 12.1 Å². The Morgan fingerprint density at radius 3 is 1.92 bits per heavy atom. The molecule has 1 atom stereocenters. The first-order valence-corrected chi connectivity index (χ1v) is 5.17. The molecule has 0 heterocycles. The minimum Gasteiger partial charge on any atom is -0.302 e. The van der Waals surface area contributed by atoms with Gasteiger partial charge in [-0.15, -0.1) is 23.2 Å². The van der Waals surface area contributed by atoms with Gasteiger partial charge in [0.15, 0.2) is 11.1 Å². The Bertz CT molecular complexity index is 228. The van der Waals surface area contributed by atoms with Gasteiger partial charge < -0.3 is 4.55 Å². The van der Waals surface area contributed by atoms with Gasteiger partial charge >= 0.3 is 0 Å². The molecular formula is C7H8Cl2O2S. The van der Waals surface area contributed by atoms with E-state index in [-0.39, 0.29) is 5.34 Å². The number of hydrogen-bond donors (Lipinski definition) is 1. The lowest BCUT2D eigenvalue weighted by Crippen LogP contribution is -1.84. The first-order valence-electron chi connectivity index (χ1n) is 3.00. The average Bonchev–Trinajstić information content (AvgIpc) is 2.07. The number of hydrogen-bond acceptors (Lipinski definition) is 1. The summed E-state index contributed by atoms with van der Waals surface area (Å²) in [5.41, 5.74) is 0. The Labute approximate surface area is 83.8 Å². The smallest absolute Gasteiger partial charge is 0.186 e. The largest absolute Gasteiger partial charge is 0.302 e. The molecule has 1 aromatic carbocycles. The molecule has 0 aromatic heterocycles. The van der Waals surface area contributed by atoms with Crippen LogP contribution in [-0.2, 0) is 11.1 Å². The van der Waals surface area contributed by atoms with E-state index in [2.05, 4.69) is 0 Å². The summed E-state index contributed by atoms with van der Waals surface area (Å²) in [4.78, 5) is 0.442. The molecule has 0 radical (unpaired) electrons. The van der Waals surface area contributed by atoms with Crippen LogP contribution < -0.4 is 0 Å². The fourth-order valence-corrected chi connectivity index (χ4v) is 0.927. The van der Waals surface area contributed by atoms with Crippen molar-refractivity contribution in [3.8, 4) is 0 Å². The molecule has 1 N–H and O–H groups in total. The molecule has 12 heavy (non-hydrogen) atoms. The first kappa shape index (κ1) is 11.9. The highest BCUT2D eigenvalue weighted by atomic mass is 35.5. The number of rotatable bonds is 1. The molecule has 0 aliphatic rings. The lowest BCUT2D eigenvalue weighted by atomic mass is 10.4. The van der Waals surface area contributed by atoms with Crippen LogP contribution in [0.4, 0.5) is 0 Å². The zero-order chi connectivity index (χ0) is 9.40. The molecule has 68 valence electrons. The third-order valence-electron chi connectivity index (χ3n) is 0.945. The Balaban J connectivity index is 0.000000354. The van der Waals surface area contributed by atoms with Gasteiger partial charge in [0.1, 0.15) is 0 Å². The molecule has 0 aliphatic carbocycles. The Morgan fingerprint density at radius 1 is 1.25 bits per heavy atom. The second-order valence-corrected chi connectivity index (χ2v) is 3.44. The quantitative estimate of drug-likeness (QED) is 0.591. The third-order valence-corrected chi connectivity index (χ3v) is 1.62. The second-order valence-electron chi connectivity index (χ2n) is 1.66. The van der Waals surface area contributed by atoms with E-state index >= 15 is 0 Å². The summed E-state index contributed by atoms with van der Waals surface area (Å²) in [6.07, 6.45) is 0. The van der Waals surface area contributed by atoms with E-state index in [0.717, 1.165) is 0 Å². The van der Waals surface area contributed by atoms with Crippen molar-refractivity contribution in [1.82, 2.24) is 0 Å². The lowest BCUT2D eigenvalue weighted by Gasteiger charge is -1.89. The summed E-state index contributed by atoms with van der Waals surface area (Å²) in [5.74, 6) is 0. The molecule has 1 rings (SSSR count). The molecule has 0 aliphatic heterocycles. The summed E-state index contributed by atoms with van der Waals surface area (Å²) in [6.45, 7) is 0. The van der Waals surface area contributed by atoms with Crippen LogP contribution in [0.1, 0.15) is 0 Å². The fraction of sp³-hybridized carbons (Fsp3) is 0.143. The van der Waals surface area contributed by atoms with Gasteiger partial charge in [0.2, 0.25) is 0 Å². The van der Waals surface area contributed by atoms with Gasteiger partial charge in [-0.2, -0.15) is 0 Å². The predicted octanol–water partition coefficient (Wildman–Crippen LogP) is 2.69. The highest BCUT2D eigenvalue weighted by Gasteiger charge is 1.93. The standard InChI is InChI=1S/C6H6O2S.CH2Cl2/c7-9(8)6-4-2-1-3-5-6;2-1-3/h1-5H,(H,7,8);1H2. The van der Waals surface area contributed by atoms with Crippen LogP contribution in [-0.4, -0.2) is 14.1 Å². The summed E-state index contributed by atoms with van der Waals surface area (Å²) in [6, 6.07) is 8.47. The van der Waals surface area contributed by atoms with E-state index in [1.54, 1.807) is 30.3 Å². The second kappa shape index (κ2) is 7.55. The van der Waals surface area contributed by atoms with Crippen LogP contribution in [0.2, 0.25) is 0 Å². The van der Waals surface area contributed by atoms with Crippen molar-refractivity contribution in [3.63, 3.8) is 0 Å². The maximum absolute atomic E-state index is 10.3. The first-order chi connectivity index (χ1) is 5.72.